The van der Waals surface area contributed by atoms with Crippen LogP contribution in [-0.2, 0) is 4.79 Å². The zero-order chi connectivity index (χ0) is 13.8. The molecule has 0 spiro atoms. The smallest absolute Gasteiger partial charge is 0.217 e. The first kappa shape index (κ1) is 13.9. The fourth-order valence-electron chi connectivity index (χ4n) is 2.69. The first-order valence-electron chi connectivity index (χ1n) is 6.98. The fraction of sp³-hybridized carbons (Fsp3) is 0.533. The lowest BCUT2D eigenvalue weighted by Crippen LogP contribution is -2.35. The summed E-state index contributed by atoms with van der Waals surface area (Å²) >= 11 is 0. The van der Waals surface area contributed by atoms with Gasteiger partial charge in [-0.3, -0.25) is 4.79 Å². The molecule has 0 bridgehead atoms. The van der Waals surface area contributed by atoms with E-state index in [0.29, 0.717) is 0 Å². The zero-order valence-electron chi connectivity index (χ0n) is 11.7. The van der Waals surface area contributed by atoms with Gasteiger partial charge >= 0.3 is 0 Å². The number of benzene rings is 1. The molecule has 104 valence electrons. The summed E-state index contributed by atoms with van der Waals surface area (Å²) < 4.78 is 0. The van der Waals surface area contributed by atoms with E-state index in [9.17, 15) is 4.79 Å². The summed E-state index contributed by atoms with van der Waals surface area (Å²) in [5.41, 5.74) is 8.60. The zero-order valence-corrected chi connectivity index (χ0v) is 11.7. The topological polar surface area (TPSA) is 58.4 Å². The Morgan fingerprint density at radius 2 is 2.26 bits per heavy atom. The van der Waals surface area contributed by atoms with E-state index in [4.69, 9.17) is 5.73 Å². The minimum Gasteiger partial charge on any atom is -0.369 e. The Morgan fingerprint density at radius 3 is 2.95 bits per heavy atom. The highest BCUT2D eigenvalue weighted by atomic mass is 16.1. The van der Waals surface area contributed by atoms with Crippen LogP contribution in [0.1, 0.15) is 38.3 Å². The monoisotopic (exact) mass is 261 g/mol. The predicted octanol–water partition coefficient (Wildman–Crippen LogP) is 1.81. The molecule has 2 rings (SSSR count). The van der Waals surface area contributed by atoms with Gasteiger partial charge < -0.3 is 16.0 Å². The van der Waals surface area contributed by atoms with Crippen molar-refractivity contribution in [3.05, 3.63) is 29.8 Å². The van der Waals surface area contributed by atoms with E-state index in [1.807, 2.05) is 12.1 Å². The number of nitrogens with two attached hydrogens (primary N) is 1. The van der Waals surface area contributed by atoms with Gasteiger partial charge in [-0.1, -0.05) is 25.1 Å². The molecule has 1 fully saturated rings. The normalized spacial score (nSPS) is 20.4. The lowest BCUT2D eigenvalue weighted by Gasteiger charge is -2.24. The molecule has 0 radical (unpaired) electrons. The first-order chi connectivity index (χ1) is 9.11. The second kappa shape index (κ2) is 6.06. The van der Waals surface area contributed by atoms with Gasteiger partial charge in [0.05, 0.1) is 0 Å². The molecular weight excluding hydrogens is 238 g/mol. The van der Waals surface area contributed by atoms with Crippen molar-refractivity contribution in [3.8, 4) is 0 Å². The third-order valence-electron chi connectivity index (χ3n) is 3.71. The van der Waals surface area contributed by atoms with Crippen molar-refractivity contribution < 1.29 is 4.79 Å². The Morgan fingerprint density at radius 1 is 1.53 bits per heavy atom. The lowest BCUT2D eigenvalue weighted by atomic mass is 10.0. The summed E-state index contributed by atoms with van der Waals surface area (Å²) in [5.74, 6) is 0.0467. The van der Waals surface area contributed by atoms with Gasteiger partial charge in [-0.2, -0.15) is 0 Å². The Labute approximate surface area is 115 Å². The average Bonchev–Trinajstić information content (AvgIpc) is 2.85. The lowest BCUT2D eigenvalue weighted by molar-refractivity contribution is -0.119. The van der Waals surface area contributed by atoms with Crippen molar-refractivity contribution in [2.24, 2.45) is 5.73 Å². The molecule has 2 unspecified atom stereocenters. The molecule has 3 N–H and O–H groups in total. The summed E-state index contributed by atoms with van der Waals surface area (Å²) in [6.45, 7) is 5.51. The minimum absolute atomic E-state index is 0.0467. The van der Waals surface area contributed by atoms with Crippen LogP contribution in [0.3, 0.4) is 0 Å². The number of nitrogens with zero attached hydrogens (tertiary/aromatic N) is 1. The highest BCUT2D eigenvalue weighted by Gasteiger charge is 2.25. The van der Waals surface area contributed by atoms with Gasteiger partial charge in [-0.05, 0) is 24.5 Å². The van der Waals surface area contributed by atoms with Gasteiger partial charge in [-0.25, -0.2) is 0 Å². The van der Waals surface area contributed by atoms with Crippen LogP contribution in [0.2, 0.25) is 0 Å². The van der Waals surface area contributed by atoms with Crippen molar-refractivity contribution in [1.82, 2.24) is 5.32 Å². The summed E-state index contributed by atoms with van der Waals surface area (Å²) in [6, 6.07) is 8.65. The van der Waals surface area contributed by atoms with Crippen LogP contribution in [0.15, 0.2) is 24.3 Å². The Hall–Kier alpha value is -1.55. The van der Waals surface area contributed by atoms with Crippen molar-refractivity contribution in [3.63, 3.8) is 0 Å². The fourth-order valence-corrected chi connectivity index (χ4v) is 2.69. The van der Waals surface area contributed by atoms with Crippen LogP contribution in [0.4, 0.5) is 5.69 Å². The maximum Gasteiger partial charge on any atom is 0.217 e. The summed E-state index contributed by atoms with van der Waals surface area (Å²) in [6.07, 6.45) is 1.93. The van der Waals surface area contributed by atoms with Gasteiger partial charge in [-0.15, -0.1) is 0 Å². The number of carbonyl (C=O) groups is 1. The molecular formula is C15H23N3O. The molecule has 1 aromatic carbocycles. The van der Waals surface area contributed by atoms with Crippen LogP contribution < -0.4 is 16.0 Å². The molecule has 0 aromatic heterocycles. The second-order valence-corrected chi connectivity index (χ2v) is 5.21. The average molecular weight is 261 g/mol. The quantitative estimate of drug-likeness (QED) is 0.869. The van der Waals surface area contributed by atoms with Crippen molar-refractivity contribution in [2.75, 3.05) is 18.0 Å². The number of para-hydroxylation sites is 1. The molecule has 0 saturated carbocycles. The van der Waals surface area contributed by atoms with Crippen LogP contribution in [0.5, 0.6) is 0 Å². The predicted molar refractivity (Wildman–Crippen MR) is 78.1 cm³/mol. The SMILES string of the molecule is CCC(N)c1ccccc1N1CCC(NC(C)=O)C1. The van der Waals surface area contributed by atoms with E-state index in [0.717, 1.165) is 25.9 Å². The minimum atomic E-state index is 0.0467. The second-order valence-electron chi connectivity index (χ2n) is 5.21. The molecule has 4 nitrogen and oxygen atoms in total. The van der Waals surface area contributed by atoms with Gasteiger partial charge in [0, 0.05) is 37.8 Å². The van der Waals surface area contributed by atoms with Gasteiger partial charge in [0.1, 0.15) is 0 Å². The van der Waals surface area contributed by atoms with Gasteiger partial charge in [0.25, 0.3) is 0 Å². The van der Waals surface area contributed by atoms with E-state index in [1.165, 1.54) is 11.3 Å². The highest BCUT2D eigenvalue weighted by molar-refractivity contribution is 5.73. The first-order valence-corrected chi connectivity index (χ1v) is 6.98. The van der Waals surface area contributed by atoms with E-state index < -0.39 is 0 Å². The molecule has 1 heterocycles. The third kappa shape index (κ3) is 3.26. The molecule has 0 aliphatic carbocycles. The summed E-state index contributed by atoms with van der Waals surface area (Å²) in [4.78, 5) is 13.4. The third-order valence-corrected chi connectivity index (χ3v) is 3.71. The maximum atomic E-state index is 11.1. The van der Waals surface area contributed by atoms with Crippen LogP contribution >= 0.6 is 0 Å². The molecule has 1 aliphatic rings. The van der Waals surface area contributed by atoms with Gasteiger partial charge in [0.2, 0.25) is 5.91 Å². The molecule has 1 aromatic rings. The number of carbonyl (C=O) groups excluding carboxylic acids is 1. The summed E-state index contributed by atoms with van der Waals surface area (Å²) in [5, 5.41) is 2.99. The molecule has 1 amide bonds. The van der Waals surface area contributed by atoms with Crippen LogP contribution in [0, 0.1) is 0 Å². The molecule has 19 heavy (non-hydrogen) atoms. The van der Waals surface area contributed by atoms with E-state index in [-0.39, 0.29) is 18.0 Å². The largest absolute Gasteiger partial charge is 0.369 e. The maximum absolute atomic E-state index is 11.1. The number of amides is 1. The molecule has 1 aliphatic heterocycles. The highest BCUT2D eigenvalue weighted by Crippen LogP contribution is 2.29. The molecule has 4 heteroatoms. The van der Waals surface area contributed by atoms with E-state index in [2.05, 4.69) is 29.3 Å². The van der Waals surface area contributed by atoms with Crippen molar-refractivity contribution in [1.29, 1.82) is 0 Å². The number of anilines is 1. The number of rotatable bonds is 4. The molecule has 1 saturated heterocycles. The summed E-state index contributed by atoms with van der Waals surface area (Å²) in [7, 11) is 0. The van der Waals surface area contributed by atoms with E-state index >= 15 is 0 Å². The van der Waals surface area contributed by atoms with Crippen LogP contribution in [0.25, 0.3) is 0 Å². The number of hydrogen-bond donors (Lipinski definition) is 2. The number of nitrogens with one attached hydrogen (secondary N) is 1. The Balaban J connectivity index is 2.13. The number of hydrogen-bond acceptors (Lipinski definition) is 3. The standard InChI is InChI=1S/C15H23N3O/c1-3-14(16)13-6-4-5-7-15(13)18-9-8-12(10-18)17-11(2)19/h4-7,12,14H,3,8-10,16H2,1-2H3,(H,17,19). The van der Waals surface area contributed by atoms with Gasteiger partial charge in [0.15, 0.2) is 0 Å². The molecule has 2 atom stereocenters. The van der Waals surface area contributed by atoms with Crippen molar-refractivity contribution in [2.45, 2.75) is 38.8 Å². The van der Waals surface area contributed by atoms with E-state index in [1.54, 1.807) is 6.92 Å². The Kier molecular flexibility index (Phi) is 4.43. The van der Waals surface area contributed by atoms with Crippen LogP contribution in [-0.4, -0.2) is 25.0 Å². The van der Waals surface area contributed by atoms with Crippen molar-refractivity contribution >= 4 is 11.6 Å². The Bertz CT molecular complexity index is 447.